The highest BCUT2D eigenvalue weighted by molar-refractivity contribution is 7.90. The topological polar surface area (TPSA) is 351 Å². The van der Waals surface area contributed by atoms with E-state index in [0.717, 1.165) is 4.90 Å². The van der Waals surface area contributed by atoms with Crippen LogP contribution in [0.2, 0.25) is 0 Å². The zero-order valence-corrected chi connectivity index (χ0v) is 55.4. The fourth-order valence-electron chi connectivity index (χ4n) is 10.9. The molecule has 3 rings (SSSR count). The van der Waals surface area contributed by atoms with Gasteiger partial charge in [-0.25, -0.2) is 4.79 Å². The number of likely N-dealkylation sites (tertiary alicyclic amines) is 1. The molecule has 0 aliphatic carbocycles. The van der Waals surface area contributed by atoms with Crippen molar-refractivity contribution in [2.75, 3.05) is 100.0 Å². The van der Waals surface area contributed by atoms with Crippen molar-refractivity contribution in [1.82, 2.24) is 45.6 Å². The highest BCUT2D eigenvalue weighted by Crippen LogP contribution is 2.30. The van der Waals surface area contributed by atoms with Gasteiger partial charge in [-0.1, -0.05) is 68.7 Å². The lowest BCUT2D eigenvalue weighted by Gasteiger charge is -2.41. The van der Waals surface area contributed by atoms with Crippen LogP contribution in [0.15, 0.2) is 41.3 Å². The molecule has 11 atom stereocenters. The van der Waals surface area contributed by atoms with Gasteiger partial charge in [-0.2, -0.15) is 4.72 Å². The maximum absolute atomic E-state index is 14.4. The van der Waals surface area contributed by atoms with Crippen LogP contribution >= 0.6 is 0 Å². The Morgan fingerprint density at radius 1 is 0.742 bits per heavy atom. The van der Waals surface area contributed by atoms with Crippen LogP contribution in [0.3, 0.4) is 0 Å². The molecule has 1 aromatic rings. The molecule has 1 aromatic carbocycles. The van der Waals surface area contributed by atoms with Crippen molar-refractivity contribution in [2.45, 2.75) is 161 Å². The summed E-state index contributed by atoms with van der Waals surface area (Å²) >= 11 is -2.08. The summed E-state index contributed by atoms with van der Waals surface area (Å²) in [6, 6.07) is 0.532. The normalized spacial score (nSPS) is 17.6. The van der Waals surface area contributed by atoms with E-state index in [1.165, 1.54) is 50.6 Å². The molecule has 2 aliphatic rings. The summed E-state index contributed by atoms with van der Waals surface area (Å²) in [5.41, 5.74) is 5.50. The Morgan fingerprint density at radius 2 is 1.34 bits per heavy atom. The van der Waals surface area contributed by atoms with Crippen LogP contribution in [0.25, 0.3) is 0 Å². The number of likely N-dealkylation sites (N-methyl/N-ethyl adjacent to an activating group) is 2. The molecular formula is C61H101N11O16S. The van der Waals surface area contributed by atoms with E-state index >= 15 is 0 Å². The van der Waals surface area contributed by atoms with E-state index in [-0.39, 0.29) is 136 Å². The van der Waals surface area contributed by atoms with Gasteiger partial charge >= 0.3 is 6.03 Å². The second kappa shape index (κ2) is 39.1. The summed E-state index contributed by atoms with van der Waals surface area (Å²) in [6.07, 6.45) is 2.84. The molecule has 0 spiro atoms. The van der Waals surface area contributed by atoms with Crippen molar-refractivity contribution in [3.63, 3.8) is 0 Å². The van der Waals surface area contributed by atoms with Gasteiger partial charge in [-0.3, -0.25) is 53.0 Å². The van der Waals surface area contributed by atoms with Crippen molar-refractivity contribution < 1.29 is 76.2 Å². The minimum Gasteiger partial charge on any atom is -0.588 e. The number of carbonyl (C=O) groups is 10. The SMILES string of the molecule is CC[C@H](C)[C@@H]([C@@H](CC(=O)N1CCC[C@H]1[C@H](OC)[C@@H](C)C(=O)N[S+]([O-])c1ccc(NC(=O)[C@H](CCCNC(N)=O)NC(=O)[C@@H](NC(=O)CCOCCOCCOCCN2C(=O)C=CC2=O)C(C)C)cc1)OC)N(C)C(=O)[C@@H](NC(=O)[C@H](C(C)C)N(C)C)C(C)C. The van der Waals surface area contributed by atoms with Crippen LogP contribution in [-0.2, 0) is 78.2 Å². The van der Waals surface area contributed by atoms with E-state index in [1.54, 1.807) is 37.6 Å². The van der Waals surface area contributed by atoms with Gasteiger partial charge in [-0.15, -0.1) is 0 Å². The van der Waals surface area contributed by atoms with Gasteiger partial charge in [0.15, 0.2) is 4.90 Å². The molecular weight excluding hydrogens is 1170 g/mol. The van der Waals surface area contributed by atoms with Gasteiger partial charge < -0.3 is 70.4 Å². The number of benzene rings is 1. The zero-order valence-electron chi connectivity index (χ0n) is 54.6. The molecule has 89 heavy (non-hydrogen) atoms. The molecule has 0 saturated carbocycles. The monoisotopic (exact) mass is 1280 g/mol. The van der Waals surface area contributed by atoms with Gasteiger partial charge in [0.1, 0.15) is 29.5 Å². The molecule has 11 amide bonds. The number of nitrogens with two attached hydrogens (primary N) is 1. The first-order valence-electron chi connectivity index (χ1n) is 30.7. The largest absolute Gasteiger partial charge is 0.588 e. The lowest BCUT2D eigenvalue weighted by molar-refractivity contribution is -0.148. The predicted octanol–water partition coefficient (Wildman–Crippen LogP) is 1.85. The molecule has 1 unspecified atom stereocenters. The summed E-state index contributed by atoms with van der Waals surface area (Å²) in [5.74, 6) is -5.54. The lowest BCUT2D eigenvalue weighted by Crippen LogP contribution is -2.59. The van der Waals surface area contributed by atoms with E-state index in [9.17, 15) is 52.5 Å². The van der Waals surface area contributed by atoms with E-state index in [4.69, 9.17) is 29.4 Å². The molecule has 1 saturated heterocycles. The smallest absolute Gasteiger partial charge is 0.312 e. The number of rotatable bonds is 41. The minimum absolute atomic E-state index is 0.00782. The number of hydrogen-bond donors (Lipinski definition) is 7. The lowest BCUT2D eigenvalue weighted by atomic mass is 9.89. The van der Waals surface area contributed by atoms with E-state index in [2.05, 4.69) is 31.3 Å². The van der Waals surface area contributed by atoms with Gasteiger partial charge in [0, 0.05) is 58.6 Å². The molecule has 2 aliphatic heterocycles. The highest BCUT2D eigenvalue weighted by atomic mass is 32.2. The average molecular weight is 1280 g/mol. The van der Waals surface area contributed by atoms with Crippen LogP contribution < -0.4 is 37.0 Å². The first-order chi connectivity index (χ1) is 42.1. The number of ether oxygens (including phenoxy) is 5. The van der Waals surface area contributed by atoms with Gasteiger partial charge in [0.2, 0.25) is 35.4 Å². The van der Waals surface area contributed by atoms with Crippen molar-refractivity contribution in [2.24, 2.45) is 35.3 Å². The minimum atomic E-state index is -2.08. The molecule has 0 bridgehead atoms. The number of anilines is 1. The van der Waals surface area contributed by atoms with Crippen LogP contribution in [-0.4, -0.2) is 226 Å². The fraction of sp³-hybridized carbons (Fsp3) is 0.705. The van der Waals surface area contributed by atoms with Gasteiger partial charge in [0.05, 0.1) is 88.9 Å². The number of carbonyl (C=O) groups excluding carboxylic acids is 10. The molecule has 1 fully saturated rings. The Hall–Kier alpha value is -6.27. The maximum atomic E-state index is 14.4. The Kier molecular flexibility index (Phi) is 33.8. The quantitative estimate of drug-likeness (QED) is 0.0279. The number of primary amides is 1. The predicted molar refractivity (Wildman–Crippen MR) is 333 cm³/mol. The molecule has 2 heterocycles. The third-order valence-corrected chi connectivity index (χ3v) is 17.0. The second-order valence-corrected chi connectivity index (χ2v) is 25.0. The van der Waals surface area contributed by atoms with Gasteiger partial charge in [-0.05, 0) is 87.7 Å². The number of nitrogens with one attached hydrogen (secondary N) is 6. The standard InChI is InChI=1S/C61H101N11O16S/c1-15-40(8)54(70(12)60(81)52(38(4)5)67-59(80)53(39(6)7)69(10)11)46(84-13)36-50(76)71-28-17-19-45(71)55(85-14)41(9)56(77)68-89(83)43-22-20-42(21-23-43)64-57(78)44(18-16-27-63-61(62)82)65-58(79)51(37(2)3)66-47(73)26-30-86-32-34-88-35-33-87-31-29-72-48(74)24-25-49(72)75/h20-25,37-41,44-46,51-55H,15-19,26-36H2,1-14H3,(H,64,78)(H,65,79)(H,66,73)(H,67,80)(H,68,77)(H3,62,63,82)/t40-,41+,44-,45-,46+,51-,52-,53-,54-,55+,89?/m0/s1. The Balaban J connectivity index is 1.61. The van der Waals surface area contributed by atoms with Crippen LogP contribution in [0.1, 0.15) is 107 Å². The van der Waals surface area contributed by atoms with Crippen LogP contribution in [0, 0.1) is 29.6 Å². The van der Waals surface area contributed by atoms with Crippen molar-refractivity contribution >= 4 is 76.2 Å². The third-order valence-electron chi connectivity index (χ3n) is 15.9. The second-order valence-electron chi connectivity index (χ2n) is 23.8. The van der Waals surface area contributed by atoms with Crippen molar-refractivity contribution in [3.8, 4) is 0 Å². The number of imide groups is 1. The zero-order chi connectivity index (χ0) is 66.7. The van der Waals surface area contributed by atoms with E-state index in [1.807, 2.05) is 60.5 Å². The summed E-state index contributed by atoms with van der Waals surface area (Å²) in [7, 11) is 8.30. The number of methoxy groups -OCH3 is 2. The Bertz CT molecular complexity index is 2480. The highest BCUT2D eigenvalue weighted by Gasteiger charge is 2.44. The first-order valence-corrected chi connectivity index (χ1v) is 31.9. The number of amides is 11. The first kappa shape index (κ1) is 77.0. The summed E-state index contributed by atoms with van der Waals surface area (Å²) in [5, 5.41) is 13.7. The van der Waals surface area contributed by atoms with Crippen molar-refractivity contribution in [1.29, 1.82) is 0 Å². The third kappa shape index (κ3) is 24.5. The molecule has 502 valence electrons. The van der Waals surface area contributed by atoms with Gasteiger partial charge in [0.25, 0.3) is 17.7 Å². The molecule has 28 heteroatoms. The number of hydrogen-bond acceptors (Lipinski definition) is 17. The molecule has 27 nitrogen and oxygen atoms in total. The summed E-state index contributed by atoms with van der Waals surface area (Å²) in [4.78, 5) is 138. The molecule has 0 aromatic heterocycles. The van der Waals surface area contributed by atoms with Crippen LogP contribution in [0.5, 0.6) is 0 Å². The fourth-order valence-corrected chi connectivity index (χ4v) is 11.8. The maximum Gasteiger partial charge on any atom is 0.312 e. The molecule has 8 N–H and O–H groups in total. The number of nitrogens with zero attached hydrogens (tertiary/aromatic N) is 4. The average Bonchev–Trinajstić information content (AvgIpc) is 2.54. The van der Waals surface area contributed by atoms with Crippen molar-refractivity contribution in [3.05, 3.63) is 36.4 Å². The summed E-state index contributed by atoms with van der Waals surface area (Å²) in [6.45, 7) is 18.4. The summed E-state index contributed by atoms with van der Waals surface area (Å²) < 4.78 is 44.6. The Labute approximate surface area is 528 Å². The Morgan fingerprint density at radius 3 is 1.88 bits per heavy atom. The molecule has 0 radical (unpaired) electrons. The van der Waals surface area contributed by atoms with Crippen LogP contribution in [0.4, 0.5) is 10.5 Å². The number of urea groups is 1. The van der Waals surface area contributed by atoms with E-state index < -0.39 is 101 Å². The van der Waals surface area contributed by atoms with E-state index in [0.29, 0.717) is 25.8 Å².